The Labute approximate surface area is 236 Å². The van der Waals surface area contributed by atoms with E-state index in [-0.39, 0.29) is 11.6 Å². The van der Waals surface area contributed by atoms with Gasteiger partial charge in [0.15, 0.2) is 17.5 Å². The fourth-order valence-corrected chi connectivity index (χ4v) is 8.82. The van der Waals surface area contributed by atoms with Crippen molar-refractivity contribution < 1.29 is 0 Å². The van der Waals surface area contributed by atoms with Gasteiger partial charge < -0.3 is 10.6 Å². The van der Waals surface area contributed by atoms with Crippen LogP contribution in [0.3, 0.4) is 0 Å². The molecule has 0 radical (unpaired) electrons. The quantitative estimate of drug-likeness (QED) is 0.406. The van der Waals surface area contributed by atoms with E-state index in [1.165, 1.54) is 19.3 Å². The first-order chi connectivity index (χ1) is 19.6. The molecule has 8 atom stereocenters. The van der Waals surface area contributed by atoms with E-state index in [2.05, 4.69) is 64.3 Å². The molecule has 40 heavy (non-hydrogen) atoms. The molecule has 1 aromatic heterocycles. The van der Waals surface area contributed by atoms with Crippen molar-refractivity contribution in [1.29, 1.82) is 0 Å². The summed E-state index contributed by atoms with van der Waals surface area (Å²) in [5.74, 6) is 2.85. The third kappa shape index (κ3) is 3.88. The van der Waals surface area contributed by atoms with Crippen LogP contribution in [-0.4, -0.2) is 75.7 Å². The third-order valence-electron chi connectivity index (χ3n) is 10.6. The summed E-state index contributed by atoms with van der Waals surface area (Å²) in [6.07, 6.45) is 3.65. The highest BCUT2D eigenvalue weighted by atomic mass is 15.4. The van der Waals surface area contributed by atoms with Crippen LogP contribution in [0, 0.1) is 11.3 Å². The molecule has 6 heterocycles. The van der Waals surface area contributed by atoms with Crippen LogP contribution in [0.15, 0.2) is 60.7 Å². The normalized spacial score (nSPS) is 36.4. The van der Waals surface area contributed by atoms with Crippen LogP contribution in [-0.2, 0) is 0 Å². The van der Waals surface area contributed by atoms with Crippen LogP contribution in [0.2, 0.25) is 0 Å². The van der Waals surface area contributed by atoms with Gasteiger partial charge in [-0.1, -0.05) is 74.5 Å². The number of piperidine rings is 3. The van der Waals surface area contributed by atoms with Gasteiger partial charge in [0.25, 0.3) is 0 Å². The monoisotopic (exact) mass is 536 g/mol. The van der Waals surface area contributed by atoms with E-state index < -0.39 is 0 Å². The molecule has 5 fully saturated rings. The molecule has 8 rings (SSSR count). The largest absolute Gasteiger partial charge is 0.311 e. The lowest BCUT2D eigenvalue weighted by atomic mass is 9.60. The topological polar surface area (TPSA) is 90.0 Å². The molecule has 5 aliphatic rings. The van der Waals surface area contributed by atoms with Crippen LogP contribution in [0.25, 0.3) is 22.8 Å². The summed E-state index contributed by atoms with van der Waals surface area (Å²) >= 11 is 0. The van der Waals surface area contributed by atoms with E-state index in [9.17, 15) is 0 Å². The molecule has 208 valence electrons. The zero-order valence-electron chi connectivity index (χ0n) is 23.4. The van der Waals surface area contributed by atoms with E-state index in [0.29, 0.717) is 42.2 Å². The summed E-state index contributed by atoms with van der Waals surface area (Å²) < 4.78 is 0. The number of hydrogen-bond acceptors (Lipinski definition) is 8. The first-order valence-corrected chi connectivity index (χ1v) is 15.2. The maximum Gasteiger partial charge on any atom is 0.164 e. The minimum absolute atomic E-state index is 0.134. The molecule has 8 heteroatoms. The summed E-state index contributed by atoms with van der Waals surface area (Å²) in [7, 11) is 0. The van der Waals surface area contributed by atoms with Gasteiger partial charge in [-0.2, -0.15) is 0 Å². The molecule has 5 aliphatic heterocycles. The zero-order chi connectivity index (χ0) is 26.8. The Bertz CT molecular complexity index is 1310. The Hall–Kier alpha value is -2.75. The number of rotatable bonds is 3. The predicted octanol–water partition coefficient (Wildman–Crippen LogP) is 2.96. The van der Waals surface area contributed by atoms with Gasteiger partial charge in [0.2, 0.25) is 0 Å². The second-order valence-corrected chi connectivity index (χ2v) is 12.9. The summed E-state index contributed by atoms with van der Waals surface area (Å²) in [5.41, 5.74) is 2.16. The molecule has 8 nitrogen and oxygen atoms in total. The van der Waals surface area contributed by atoms with Crippen LogP contribution in [0.5, 0.6) is 0 Å². The minimum atomic E-state index is -0.134. The van der Waals surface area contributed by atoms with Gasteiger partial charge in [0.05, 0.1) is 0 Å². The Morgan fingerprint density at radius 1 is 0.750 bits per heavy atom. The second kappa shape index (κ2) is 9.67. The molecule has 0 saturated carbocycles. The average Bonchev–Trinajstić information content (AvgIpc) is 3.35. The highest BCUT2D eigenvalue weighted by Crippen LogP contribution is 2.52. The first-order valence-electron chi connectivity index (χ1n) is 15.2. The summed E-state index contributed by atoms with van der Waals surface area (Å²) in [6.45, 7) is 8.21. The van der Waals surface area contributed by atoms with E-state index in [1.807, 2.05) is 36.4 Å². The fourth-order valence-electron chi connectivity index (χ4n) is 8.82. The van der Waals surface area contributed by atoms with Gasteiger partial charge in [-0.05, 0) is 43.7 Å². The van der Waals surface area contributed by atoms with Crippen molar-refractivity contribution in [2.75, 3.05) is 19.6 Å². The van der Waals surface area contributed by atoms with Crippen molar-refractivity contribution in [2.45, 2.75) is 75.5 Å². The Morgan fingerprint density at radius 2 is 1.43 bits per heavy atom. The lowest BCUT2D eigenvalue weighted by Crippen LogP contribution is -2.76. The minimum Gasteiger partial charge on any atom is -0.311 e. The van der Waals surface area contributed by atoms with Crippen LogP contribution < -0.4 is 21.3 Å². The molecule has 8 unspecified atom stereocenters. The lowest BCUT2D eigenvalue weighted by molar-refractivity contribution is -0.0981. The van der Waals surface area contributed by atoms with Crippen LogP contribution in [0.4, 0.5) is 0 Å². The van der Waals surface area contributed by atoms with Gasteiger partial charge in [0, 0.05) is 53.9 Å². The Balaban J connectivity index is 1.17. The fraction of sp³-hybridized carbons (Fsp3) is 0.531. The van der Waals surface area contributed by atoms with Gasteiger partial charge in [0.1, 0.15) is 6.17 Å². The predicted molar refractivity (Wildman–Crippen MR) is 156 cm³/mol. The number of hydrogen-bond donors (Lipinski definition) is 4. The van der Waals surface area contributed by atoms with Crippen molar-refractivity contribution in [2.24, 2.45) is 11.3 Å². The first kappa shape index (κ1) is 25.0. The summed E-state index contributed by atoms with van der Waals surface area (Å²) in [5, 5.41) is 15.8. The lowest BCUT2D eigenvalue weighted by Gasteiger charge is -2.62. The molecular formula is C32H40N8. The molecule has 3 aromatic rings. The third-order valence-corrected chi connectivity index (χ3v) is 10.6. The molecule has 0 amide bonds. The van der Waals surface area contributed by atoms with Crippen LogP contribution in [0.1, 0.15) is 45.1 Å². The number of aromatic nitrogens is 3. The average molecular weight is 537 g/mol. The maximum absolute atomic E-state index is 5.05. The SMILES string of the molecule is CC1(C)C2CCNC3C4NCCCC4N(C4CNC(c5nc(-c6ccccc6)nc(-c6ccccc6)n5)NC41)C32. The van der Waals surface area contributed by atoms with Crippen LogP contribution >= 0.6 is 0 Å². The van der Waals surface area contributed by atoms with Gasteiger partial charge >= 0.3 is 0 Å². The summed E-state index contributed by atoms with van der Waals surface area (Å²) in [4.78, 5) is 17.9. The van der Waals surface area contributed by atoms with E-state index in [1.54, 1.807) is 0 Å². The molecule has 0 bridgehead atoms. The Morgan fingerprint density at radius 3 is 2.12 bits per heavy atom. The van der Waals surface area contributed by atoms with E-state index in [0.717, 1.165) is 48.2 Å². The highest BCUT2D eigenvalue weighted by molar-refractivity contribution is 5.60. The molecule has 0 spiro atoms. The van der Waals surface area contributed by atoms with Crippen molar-refractivity contribution in [1.82, 2.24) is 41.1 Å². The van der Waals surface area contributed by atoms with Crippen molar-refractivity contribution >= 4 is 0 Å². The number of nitrogens with zero attached hydrogens (tertiary/aromatic N) is 4. The van der Waals surface area contributed by atoms with Gasteiger partial charge in [-0.3, -0.25) is 15.5 Å². The van der Waals surface area contributed by atoms with Crippen molar-refractivity contribution in [3.05, 3.63) is 66.5 Å². The molecule has 5 saturated heterocycles. The molecule has 0 aliphatic carbocycles. The van der Waals surface area contributed by atoms with E-state index >= 15 is 0 Å². The smallest absolute Gasteiger partial charge is 0.164 e. The highest BCUT2D eigenvalue weighted by Gasteiger charge is 2.64. The number of fused-ring (bicyclic) bond motifs is 5. The zero-order valence-corrected chi connectivity index (χ0v) is 23.4. The van der Waals surface area contributed by atoms with Gasteiger partial charge in [-0.15, -0.1) is 0 Å². The maximum atomic E-state index is 5.05. The van der Waals surface area contributed by atoms with Crippen molar-refractivity contribution in [3.8, 4) is 22.8 Å². The number of nitrogens with one attached hydrogen (secondary N) is 4. The van der Waals surface area contributed by atoms with E-state index in [4.69, 9.17) is 15.0 Å². The Kier molecular flexibility index (Phi) is 6.04. The standard InChI is InChI=1S/C32H40N8/c1-32(2)21-15-17-34-25-24-22(14-9-16-33-24)40(26(21)25)23-18-35-30(36-27(23)32)31-38-28(19-10-5-3-6-11-19)37-29(39-31)20-12-7-4-8-13-20/h3-8,10-13,21-27,30,33-36H,9,14-18H2,1-2H3. The second-order valence-electron chi connectivity index (χ2n) is 12.9. The molecule has 4 N–H and O–H groups in total. The molecular weight excluding hydrogens is 496 g/mol. The van der Waals surface area contributed by atoms with Crippen molar-refractivity contribution in [3.63, 3.8) is 0 Å². The number of benzene rings is 2. The molecule has 2 aromatic carbocycles. The van der Waals surface area contributed by atoms with Gasteiger partial charge in [-0.25, -0.2) is 15.0 Å². The summed E-state index contributed by atoms with van der Waals surface area (Å²) in [6, 6.07) is 23.6.